The van der Waals surface area contributed by atoms with Crippen LogP contribution in [0.25, 0.3) is 0 Å². The molecule has 8 nitrogen and oxygen atoms in total. The molecule has 184 valence electrons. The zero-order valence-electron chi connectivity index (χ0n) is 19.7. The first-order valence-electron chi connectivity index (χ1n) is 11.7. The van der Waals surface area contributed by atoms with Crippen LogP contribution in [0.3, 0.4) is 0 Å². The molecule has 2 fully saturated rings. The maximum Gasteiger partial charge on any atom is 0.267 e. The van der Waals surface area contributed by atoms with Gasteiger partial charge in [-0.2, -0.15) is 0 Å². The number of carbonyl (C=O) groups is 2. The fraction of sp³-hybridized carbons (Fsp3) is 0.542. The van der Waals surface area contributed by atoms with E-state index in [1.54, 1.807) is 25.2 Å². The van der Waals surface area contributed by atoms with Crippen LogP contribution in [-0.4, -0.2) is 77.9 Å². The number of halogens is 1. The number of hydrogen-bond acceptors (Lipinski definition) is 7. The molecule has 2 aliphatic heterocycles. The smallest absolute Gasteiger partial charge is 0.267 e. The summed E-state index contributed by atoms with van der Waals surface area (Å²) in [7, 11) is 3.48. The summed E-state index contributed by atoms with van der Waals surface area (Å²) in [5.74, 6) is 1.47. The Balaban J connectivity index is 1.25. The van der Waals surface area contributed by atoms with E-state index >= 15 is 0 Å². The topological polar surface area (TPSA) is 92.0 Å². The Kier molecular flexibility index (Phi) is 8.10. The number of amides is 2. The molecule has 0 saturated carbocycles. The van der Waals surface area contributed by atoms with Gasteiger partial charge in [0.15, 0.2) is 5.75 Å². The number of aromatic nitrogens is 1. The van der Waals surface area contributed by atoms with Crippen LogP contribution in [0.1, 0.15) is 40.9 Å². The summed E-state index contributed by atoms with van der Waals surface area (Å²) in [4.78, 5) is 36.2. The molecule has 0 bridgehead atoms. The van der Waals surface area contributed by atoms with Gasteiger partial charge in [0.2, 0.25) is 5.91 Å². The van der Waals surface area contributed by atoms with E-state index in [0.29, 0.717) is 29.5 Å². The fourth-order valence-corrected chi connectivity index (χ4v) is 6.17. The number of ether oxygens (including phenoxy) is 1. The molecule has 4 heterocycles. The minimum atomic E-state index is -0.0583. The highest BCUT2D eigenvalue weighted by Crippen LogP contribution is 2.37. The summed E-state index contributed by atoms with van der Waals surface area (Å²) in [5, 5.41) is 1.89. The minimum absolute atomic E-state index is 0.00157. The van der Waals surface area contributed by atoms with Crippen molar-refractivity contribution in [2.24, 2.45) is 5.92 Å². The van der Waals surface area contributed by atoms with Gasteiger partial charge in [0.25, 0.3) is 5.91 Å². The number of rotatable bonds is 6. The Labute approximate surface area is 213 Å². The Bertz CT molecular complexity index is 1010. The maximum absolute atomic E-state index is 13.1. The monoisotopic (exact) mass is 549 g/mol. The van der Waals surface area contributed by atoms with Gasteiger partial charge in [-0.3, -0.25) is 14.5 Å². The largest absolute Gasteiger partial charge is 0.487 e. The van der Waals surface area contributed by atoms with Gasteiger partial charge >= 0.3 is 0 Å². The molecule has 2 saturated heterocycles. The molecular weight excluding hydrogens is 518 g/mol. The van der Waals surface area contributed by atoms with Gasteiger partial charge in [-0.05, 0) is 59.6 Å². The van der Waals surface area contributed by atoms with Crippen molar-refractivity contribution in [3.05, 3.63) is 38.6 Å². The standard InChI is InChI=1S/C24H32BrN5O3S/c1-28(2)24(32)22-21(19(25)15-34-22)33-18-6-11-30(12-7-18)23(31)17-4-9-29(10-5-17)14-16-3-8-27-20(26)13-16/h3,8,13,15,17-18H,4-7,9-12,14H2,1-2H3,(H2,26,27). The van der Waals surface area contributed by atoms with E-state index < -0.39 is 0 Å². The highest BCUT2D eigenvalue weighted by atomic mass is 79.9. The molecule has 2 amide bonds. The highest BCUT2D eigenvalue weighted by molar-refractivity contribution is 9.10. The molecule has 0 spiro atoms. The summed E-state index contributed by atoms with van der Waals surface area (Å²) in [5.41, 5.74) is 6.95. The van der Waals surface area contributed by atoms with Gasteiger partial charge in [0.05, 0.1) is 4.47 Å². The summed E-state index contributed by atoms with van der Waals surface area (Å²) < 4.78 is 7.05. The summed E-state index contributed by atoms with van der Waals surface area (Å²) in [6.45, 7) is 4.05. The second kappa shape index (κ2) is 11.0. The SMILES string of the molecule is CN(C)C(=O)c1scc(Br)c1OC1CCN(C(=O)C2CCN(Cc3ccnc(N)c3)CC2)CC1. The number of pyridine rings is 1. The van der Waals surface area contributed by atoms with Crippen LogP contribution < -0.4 is 10.5 Å². The third kappa shape index (κ3) is 5.90. The van der Waals surface area contributed by atoms with Crippen molar-refractivity contribution in [3.8, 4) is 5.75 Å². The molecule has 2 aromatic rings. The molecule has 2 aromatic heterocycles. The normalized spacial score (nSPS) is 18.1. The van der Waals surface area contributed by atoms with Crippen LogP contribution >= 0.6 is 27.3 Å². The number of nitrogen functional groups attached to an aromatic ring is 1. The average Bonchev–Trinajstić information content (AvgIpc) is 3.19. The van der Waals surface area contributed by atoms with Crippen molar-refractivity contribution in [3.63, 3.8) is 0 Å². The second-order valence-corrected chi connectivity index (χ2v) is 11.0. The van der Waals surface area contributed by atoms with Crippen LogP contribution in [0.15, 0.2) is 28.2 Å². The fourth-order valence-electron chi connectivity index (χ4n) is 4.59. The van der Waals surface area contributed by atoms with Crippen molar-refractivity contribution < 1.29 is 14.3 Å². The van der Waals surface area contributed by atoms with Gasteiger partial charge in [-0.1, -0.05) is 0 Å². The van der Waals surface area contributed by atoms with Crippen LogP contribution in [0.5, 0.6) is 5.75 Å². The van der Waals surface area contributed by atoms with Gasteiger partial charge < -0.3 is 20.3 Å². The van der Waals surface area contributed by atoms with Crippen molar-refractivity contribution in [2.75, 3.05) is 46.0 Å². The van der Waals surface area contributed by atoms with Gasteiger partial charge in [0.1, 0.15) is 16.8 Å². The molecule has 0 aromatic carbocycles. The Morgan fingerprint density at radius 1 is 1.21 bits per heavy atom. The lowest BCUT2D eigenvalue weighted by molar-refractivity contribution is -0.139. The van der Waals surface area contributed by atoms with Gasteiger partial charge in [-0.15, -0.1) is 11.3 Å². The first kappa shape index (κ1) is 24.9. The molecular formula is C24H32BrN5O3S. The molecule has 2 N–H and O–H groups in total. The van der Waals surface area contributed by atoms with E-state index in [2.05, 4.69) is 25.8 Å². The van der Waals surface area contributed by atoms with E-state index in [-0.39, 0.29) is 23.8 Å². The Hall–Kier alpha value is -2.17. The lowest BCUT2D eigenvalue weighted by Crippen LogP contribution is -2.47. The van der Waals surface area contributed by atoms with Crippen LogP contribution in [0, 0.1) is 5.92 Å². The highest BCUT2D eigenvalue weighted by Gasteiger charge is 2.32. The van der Waals surface area contributed by atoms with E-state index in [1.807, 2.05) is 22.4 Å². The lowest BCUT2D eigenvalue weighted by Gasteiger charge is -2.37. The van der Waals surface area contributed by atoms with Crippen LogP contribution in [-0.2, 0) is 11.3 Å². The predicted octanol–water partition coefficient (Wildman–Crippen LogP) is 3.47. The van der Waals surface area contributed by atoms with E-state index in [0.717, 1.165) is 55.4 Å². The zero-order valence-corrected chi connectivity index (χ0v) is 22.1. The molecule has 0 atom stereocenters. The molecule has 0 unspecified atom stereocenters. The van der Waals surface area contributed by atoms with E-state index in [4.69, 9.17) is 10.5 Å². The maximum atomic E-state index is 13.1. The Morgan fingerprint density at radius 3 is 2.56 bits per heavy atom. The van der Waals surface area contributed by atoms with Gasteiger partial charge in [-0.25, -0.2) is 4.98 Å². The van der Waals surface area contributed by atoms with Crippen LogP contribution in [0.4, 0.5) is 5.82 Å². The molecule has 4 rings (SSSR count). The summed E-state index contributed by atoms with van der Waals surface area (Å²) in [6.07, 6.45) is 5.05. The van der Waals surface area contributed by atoms with Crippen LogP contribution in [0.2, 0.25) is 0 Å². The summed E-state index contributed by atoms with van der Waals surface area (Å²) >= 11 is 4.90. The van der Waals surface area contributed by atoms with E-state index in [9.17, 15) is 9.59 Å². The van der Waals surface area contributed by atoms with Crippen molar-refractivity contribution in [1.29, 1.82) is 0 Å². The molecule has 10 heteroatoms. The number of anilines is 1. The first-order valence-corrected chi connectivity index (χ1v) is 13.4. The van der Waals surface area contributed by atoms with Crippen molar-refractivity contribution >= 4 is 44.9 Å². The quantitative estimate of drug-likeness (QED) is 0.593. The Morgan fingerprint density at radius 2 is 1.91 bits per heavy atom. The molecule has 34 heavy (non-hydrogen) atoms. The average molecular weight is 551 g/mol. The molecule has 0 aliphatic carbocycles. The minimum Gasteiger partial charge on any atom is -0.487 e. The third-order valence-electron chi connectivity index (χ3n) is 6.53. The number of nitrogens with zero attached hydrogens (tertiary/aromatic N) is 4. The molecule has 0 radical (unpaired) electrons. The zero-order chi connectivity index (χ0) is 24.2. The number of hydrogen-bond donors (Lipinski definition) is 1. The number of nitrogens with two attached hydrogens (primary N) is 1. The van der Waals surface area contributed by atoms with Crippen molar-refractivity contribution in [2.45, 2.75) is 38.3 Å². The first-order chi connectivity index (χ1) is 16.3. The summed E-state index contributed by atoms with van der Waals surface area (Å²) in [6, 6.07) is 3.91. The second-order valence-electron chi connectivity index (χ2n) is 9.22. The lowest BCUT2D eigenvalue weighted by atomic mass is 9.94. The predicted molar refractivity (Wildman–Crippen MR) is 137 cm³/mol. The molecule has 2 aliphatic rings. The van der Waals surface area contributed by atoms with E-state index in [1.165, 1.54) is 11.3 Å². The third-order valence-corrected chi connectivity index (χ3v) is 8.37. The number of piperidine rings is 2. The van der Waals surface area contributed by atoms with Gasteiger partial charge in [0, 0.05) is 64.1 Å². The number of likely N-dealkylation sites (tertiary alicyclic amines) is 2. The number of carbonyl (C=O) groups excluding carboxylic acids is 2. The number of thiophene rings is 1. The van der Waals surface area contributed by atoms with Crippen molar-refractivity contribution in [1.82, 2.24) is 19.7 Å².